The molecule has 0 aromatic rings. The average Bonchev–Trinajstić information content (AvgIpc) is 3.22. The van der Waals surface area contributed by atoms with Crippen molar-refractivity contribution >= 4 is 17.7 Å². The first-order valence-corrected chi connectivity index (χ1v) is 11.0. The van der Waals surface area contributed by atoms with Crippen molar-refractivity contribution < 1.29 is 23.9 Å². The number of rotatable bonds is 1. The number of ketones is 1. The Bertz CT molecular complexity index is 868. The van der Waals surface area contributed by atoms with Crippen molar-refractivity contribution in [1.82, 2.24) is 0 Å². The van der Waals surface area contributed by atoms with Crippen molar-refractivity contribution in [1.29, 1.82) is 0 Å². The highest BCUT2D eigenvalue weighted by atomic mass is 16.6. The summed E-state index contributed by atoms with van der Waals surface area (Å²) in [4.78, 5) is 37.1. The predicted molar refractivity (Wildman–Crippen MR) is 106 cm³/mol. The van der Waals surface area contributed by atoms with E-state index in [2.05, 4.69) is 19.9 Å². The normalized spacial score (nSPS) is 45.7. The van der Waals surface area contributed by atoms with Crippen LogP contribution in [0.15, 0.2) is 23.3 Å². The molecular formula is C24H30O5. The molecule has 5 unspecified atom stereocenters. The van der Waals surface area contributed by atoms with Gasteiger partial charge in [-0.15, -0.1) is 0 Å². The van der Waals surface area contributed by atoms with Gasteiger partial charge in [0.2, 0.25) is 0 Å². The van der Waals surface area contributed by atoms with Crippen molar-refractivity contribution in [3.05, 3.63) is 23.3 Å². The van der Waals surface area contributed by atoms with E-state index in [1.165, 1.54) is 12.7 Å². The van der Waals surface area contributed by atoms with Gasteiger partial charge in [-0.25, -0.2) is 0 Å². The lowest BCUT2D eigenvalue weighted by atomic mass is 9.48. The van der Waals surface area contributed by atoms with Gasteiger partial charge in [-0.1, -0.05) is 31.1 Å². The molecule has 5 nitrogen and oxygen atoms in total. The van der Waals surface area contributed by atoms with Crippen LogP contribution in [-0.2, 0) is 23.9 Å². The van der Waals surface area contributed by atoms with Gasteiger partial charge < -0.3 is 9.47 Å². The van der Waals surface area contributed by atoms with E-state index in [1.807, 2.05) is 0 Å². The lowest BCUT2D eigenvalue weighted by Crippen LogP contribution is -2.53. The SMILES string of the molecule is COC(=O)C1CC2=CC(=O)CCC2(C)C2=CCC3(C)C(CC[C@]34CCC(=O)O4)C21. The predicted octanol–water partition coefficient (Wildman–Crippen LogP) is 3.91. The first-order valence-electron chi connectivity index (χ1n) is 11.0. The number of carbonyl (C=O) groups excluding carboxylic acids is 3. The monoisotopic (exact) mass is 398 g/mol. The number of fused-ring (bicyclic) bond motifs is 6. The third kappa shape index (κ3) is 2.36. The number of methoxy groups -OCH3 is 1. The summed E-state index contributed by atoms with van der Waals surface area (Å²) in [7, 11) is 1.46. The Labute approximate surface area is 171 Å². The molecule has 5 heteroatoms. The minimum Gasteiger partial charge on any atom is -0.469 e. The van der Waals surface area contributed by atoms with E-state index >= 15 is 0 Å². The zero-order chi connectivity index (χ0) is 20.6. The molecule has 5 aliphatic rings. The highest BCUT2D eigenvalue weighted by Crippen LogP contribution is 2.69. The van der Waals surface area contributed by atoms with Gasteiger partial charge in [0, 0.05) is 23.7 Å². The maximum absolute atomic E-state index is 12.9. The first-order chi connectivity index (χ1) is 13.7. The van der Waals surface area contributed by atoms with E-state index in [1.54, 1.807) is 6.08 Å². The van der Waals surface area contributed by atoms with Gasteiger partial charge in [-0.2, -0.15) is 0 Å². The second-order valence-electron chi connectivity index (χ2n) is 10.2. The molecule has 1 saturated heterocycles. The molecule has 2 saturated carbocycles. The summed E-state index contributed by atoms with van der Waals surface area (Å²) in [6.07, 6.45) is 10.1. The summed E-state index contributed by atoms with van der Waals surface area (Å²) in [5.41, 5.74) is 1.72. The van der Waals surface area contributed by atoms with E-state index in [0.717, 1.165) is 37.7 Å². The molecule has 29 heavy (non-hydrogen) atoms. The van der Waals surface area contributed by atoms with Crippen LogP contribution in [0.5, 0.6) is 0 Å². The molecule has 0 radical (unpaired) electrons. The molecule has 1 heterocycles. The minimum atomic E-state index is -0.392. The fraction of sp³-hybridized carbons (Fsp3) is 0.708. The van der Waals surface area contributed by atoms with Crippen molar-refractivity contribution in [2.24, 2.45) is 28.6 Å². The zero-order valence-electron chi connectivity index (χ0n) is 17.6. The Kier molecular flexibility index (Phi) is 3.98. The maximum Gasteiger partial charge on any atom is 0.309 e. The second-order valence-corrected chi connectivity index (χ2v) is 10.2. The van der Waals surface area contributed by atoms with Crippen LogP contribution >= 0.6 is 0 Å². The molecule has 4 aliphatic carbocycles. The van der Waals surface area contributed by atoms with Crippen molar-refractivity contribution in [3.8, 4) is 0 Å². The Morgan fingerprint density at radius 3 is 2.66 bits per heavy atom. The van der Waals surface area contributed by atoms with E-state index in [-0.39, 0.29) is 46.3 Å². The van der Waals surface area contributed by atoms with E-state index < -0.39 is 5.60 Å². The highest BCUT2D eigenvalue weighted by molar-refractivity contribution is 5.92. The van der Waals surface area contributed by atoms with Crippen LogP contribution in [0, 0.1) is 28.6 Å². The molecule has 156 valence electrons. The molecule has 0 N–H and O–H groups in total. The smallest absolute Gasteiger partial charge is 0.309 e. The second kappa shape index (κ2) is 6.05. The average molecular weight is 398 g/mol. The van der Waals surface area contributed by atoms with Crippen LogP contribution in [0.2, 0.25) is 0 Å². The summed E-state index contributed by atoms with van der Waals surface area (Å²) < 4.78 is 11.2. The molecule has 0 amide bonds. The Morgan fingerprint density at radius 1 is 1.17 bits per heavy atom. The van der Waals surface area contributed by atoms with Crippen LogP contribution in [-0.4, -0.2) is 30.4 Å². The Balaban J connectivity index is 1.63. The summed E-state index contributed by atoms with van der Waals surface area (Å²) in [6, 6.07) is 0. The number of hydrogen-bond acceptors (Lipinski definition) is 5. The lowest BCUT2D eigenvalue weighted by molar-refractivity contribution is -0.163. The van der Waals surface area contributed by atoms with Crippen molar-refractivity contribution in [2.75, 3.05) is 7.11 Å². The fourth-order valence-electron chi connectivity index (χ4n) is 7.53. The van der Waals surface area contributed by atoms with Gasteiger partial charge in [-0.3, -0.25) is 14.4 Å². The van der Waals surface area contributed by atoms with Gasteiger partial charge in [-0.05, 0) is 56.4 Å². The number of hydrogen-bond donors (Lipinski definition) is 0. The van der Waals surface area contributed by atoms with Gasteiger partial charge in [0.15, 0.2) is 5.78 Å². The van der Waals surface area contributed by atoms with E-state index in [9.17, 15) is 14.4 Å². The first kappa shape index (κ1) is 19.1. The summed E-state index contributed by atoms with van der Waals surface area (Å²) in [5, 5.41) is 0. The van der Waals surface area contributed by atoms with Crippen LogP contribution in [0.25, 0.3) is 0 Å². The standard InChI is InChI=1S/C24H30O5/c1-22-8-4-15(25)12-14(22)13-16(21(27)28-3)20-17(22)5-9-23(2)18(20)6-10-24(23)11-7-19(26)29-24/h5,12,16,18,20H,4,6-11,13H2,1-3H3/t16?,18?,20?,22?,23?,24-/m0/s1. The third-order valence-corrected chi connectivity index (χ3v) is 9.23. The topological polar surface area (TPSA) is 69.7 Å². The van der Waals surface area contributed by atoms with Gasteiger partial charge >= 0.3 is 11.9 Å². The molecule has 6 atom stereocenters. The van der Waals surface area contributed by atoms with Gasteiger partial charge in [0.1, 0.15) is 5.60 Å². The van der Waals surface area contributed by atoms with Gasteiger partial charge in [0.25, 0.3) is 0 Å². The van der Waals surface area contributed by atoms with Crippen molar-refractivity contribution in [3.63, 3.8) is 0 Å². The quantitative estimate of drug-likeness (QED) is 0.495. The van der Waals surface area contributed by atoms with Gasteiger partial charge in [0.05, 0.1) is 13.0 Å². The summed E-state index contributed by atoms with van der Waals surface area (Å²) in [5.74, 6) is 0.00356. The molecule has 0 bridgehead atoms. The maximum atomic E-state index is 12.9. The van der Waals surface area contributed by atoms with Crippen LogP contribution < -0.4 is 0 Å². The summed E-state index contributed by atoms with van der Waals surface area (Å²) >= 11 is 0. The third-order valence-electron chi connectivity index (χ3n) is 9.23. The van der Waals surface area contributed by atoms with Crippen LogP contribution in [0.1, 0.15) is 65.2 Å². The number of ether oxygens (including phenoxy) is 2. The molecule has 3 fully saturated rings. The number of esters is 2. The minimum absolute atomic E-state index is 0.0854. The molecular weight excluding hydrogens is 368 g/mol. The lowest BCUT2D eigenvalue weighted by Gasteiger charge is -2.56. The molecule has 1 spiro atoms. The highest BCUT2D eigenvalue weighted by Gasteiger charge is 2.67. The summed E-state index contributed by atoms with van der Waals surface area (Å²) in [6.45, 7) is 4.52. The fourth-order valence-corrected chi connectivity index (χ4v) is 7.53. The molecule has 0 aromatic heterocycles. The largest absolute Gasteiger partial charge is 0.469 e. The van der Waals surface area contributed by atoms with Crippen LogP contribution in [0.3, 0.4) is 0 Å². The molecule has 5 rings (SSSR count). The number of carbonyl (C=O) groups is 3. The molecule has 1 aliphatic heterocycles. The molecule has 0 aromatic carbocycles. The zero-order valence-corrected chi connectivity index (χ0v) is 17.6. The number of allylic oxidation sites excluding steroid dienone is 4. The Morgan fingerprint density at radius 2 is 1.97 bits per heavy atom. The van der Waals surface area contributed by atoms with Crippen molar-refractivity contribution in [2.45, 2.75) is 70.8 Å². The van der Waals surface area contributed by atoms with E-state index in [4.69, 9.17) is 9.47 Å². The Hall–Kier alpha value is -1.91. The van der Waals surface area contributed by atoms with Crippen LogP contribution in [0.4, 0.5) is 0 Å². The van der Waals surface area contributed by atoms with E-state index in [0.29, 0.717) is 19.3 Å².